The third kappa shape index (κ3) is 2.95. The van der Waals surface area contributed by atoms with Gasteiger partial charge in [0.1, 0.15) is 6.07 Å². The molecule has 2 atom stereocenters. The summed E-state index contributed by atoms with van der Waals surface area (Å²) in [6, 6.07) is 9.43. The van der Waals surface area contributed by atoms with Gasteiger partial charge in [-0.2, -0.15) is 10.2 Å². The number of halogens is 1. The summed E-state index contributed by atoms with van der Waals surface area (Å²) in [5.41, 5.74) is 1.18. The molecule has 1 fully saturated rings. The Bertz CT molecular complexity index is 692. The summed E-state index contributed by atoms with van der Waals surface area (Å²) in [6.45, 7) is 6.25. The Morgan fingerprint density at radius 2 is 1.86 bits per heavy atom. The summed E-state index contributed by atoms with van der Waals surface area (Å²) >= 11 is 5.91. The maximum atomic E-state index is 9.36. The van der Waals surface area contributed by atoms with Gasteiger partial charge >= 0.3 is 0 Å². The summed E-state index contributed by atoms with van der Waals surface area (Å²) in [4.78, 5) is 6.48. The van der Waals surface area contributed by atoms with Crippen molar-refractivity contribution in [1.82, 2.24) is 4.98 Å². The third-order valence-electron chi connectivity index (χ3n) is 3.96. The lowest BCUT2D eigenvalue weighted by Gasteiger charge is -2.34. The molecule has 0 radical (unpaired) electrons. The summed E-state index contributed by atoms with van der Waals surface area (Å²) in [5.74, 6) is 2.22. The minimum atomic E-state index is 0.353. The Labute approximate surface area is 135 Å². The predicted molar refractivity (Wildman–Crippen MR) is 86.8 cm³/mol. The normalized spacial score (nSPS) is 21.6. The molecule has 0 spiro atoms. The fraction of sp³-hybridized carbons (Fsp3) is 0.412. The van der Waals surface area contributed by atoms with Gasteiger partial charge in [0.15, 0.2) is 0 Å². The Kier molecular flexibility index (Phi) is 4.08. The van der Waals surface area contributed by atoms with Crippen molar-refractivity contribution < 1.29 is 4.42 Å². The number of rotatable bonds is 2. The standard InChI is InChI=1S/C17H18ClN3O/c1-11-7-12(2)10-21(9-11)17-15(8-19)20-16(22-17)13-3-5-14(18)6-4-13/h3-6,11-12H,7,9-10H2,1-2H3/t11-,12-/m1/s1. The van der Waals surface area contributed by atoms with Gasteiger partial charge in [0.05, 0.1) is 0 Å². The molecule has 2 aromatic rings. The van der Waals surface area contributed by atoms with Crippen LogP contribution in [0.5, 0.6) is 0 Å². The fourth-order valence-corrected chi connectivity index (χ4v) is 3.27. The van der Waals surface area contributed by atoms with Gasteiger partial charge in [-0.15, -0.1) is 0 Å². The highest BCUT2D eigenvalue weighted by molar-refractivity contribution is 6.30. The topological polar surface area (TPSA) is 53.1 Å². The molecule has 1 aromatic heterocycles. The van der Waals surface area contributed by atoms with E-state index < -0.39 is 0 Å². The second kappa shape index (κ2) is 6.02. The van der Waals surface area contributed by atoms with Crippen LogP contribution in [0.25, 0.3) is 11.5 Å². The second-order valence-corrected chi connectivity index (χ2v) is 6.58. The highest BCUT2D eigenvalue weighted by Crippen LogP contribution is 2.32. The van der Waals surface area contributed by atoms with Crippen molar-refractivity contribution in [2.45, 2.75) is 20.3 Å². The van der Waals surface area contributed by atoms with E-state index >= 15 is 0 Å². The fourth-order valence-electron chi connectivity index (χ4n) is 3.14. The molecule has 0 aliphatic carbocycles. The van der Waals surface area contributed by atoms with Crippen molar-refractivity contribution in [3.05, 3.63) is 35.0 Å². The zero-order valence-corrected chi connectivity index (χ0v) is 13.5. The van der Waals surface area contributed by atoms with Gasteiger partial charge in [-0.05, 0) is 42.5 Å². The molecule has 1 aromatic carbocycles. The minimum Gasteiger partial charge on any atom is -0.419 e. The summed E-state index contributed by atoms with van der Waals surface area (Å²) < 4.78 is 5.92. The van der Waals surface area contributed by atoms with E-state index in [0.29, 0.717) is 34.3 Å². The van der Waals surface area contributed by atoms with Crippen LogP contribution in [-0.2, 0) is 0 Å². The van der Waals surface area contributed by atoms with E-state index in [0.717, 1.165) is 18.7 Å². The number of aromatic nitrogens is 1. The highest BCUT2D eigenvalue weighted by Gasteiger charge is 2.27. The van der Waals surface area contributed by atoms with Gasteiger partial charge in [0.25, 0.3) is 0 Å². The van der Waals surface area contributed by atoms with Gasteiger partial charge in [-0.3, -0.25) is 0 Å². The average Bonchev–Trinajstić information content (AvgIpc) is 2.91. The van der Waals surface area contributed by atoms with Crippen LogP contribution in [0.3, 0.4) is 0 Å². The smallest absolute Gasteiger partial charge is 0.235 e. The highest BCUT2D eigenvalue weighted by atomic mass is 35.5. The van der Waals surface area contributed by atoms with Crippen LogP contribution in [-0.4, -0.2) is 18.1 Å². The SMILES string of the molecule is C[C@@H]1C[C@@H](C)CN(c2oc(-c3ccc(Cl)cc3)nc2C#N)C1. The number of anilines is 1. The molecule has 0 amide bonds. The maximum Gasteiger partial charge on any atom is 0.235 e. The molecule has 1 aliphatic heterocycles. The second-order valence-electron chi connectivity index (χ2n) is 6.14. The molecule has 0 saturated carbocycles. The number of nitriles is 1. The van der Waals surface area contributed by atoms with Crippen molar-refractivity contribution >= 4 is 17.5 Å². The van der Waals surface area contributed by atoms with E-state index in [-0.39, 0.29) is 0 Å². The van der Waals surface area contributed by atoms with E-state index in [1.165, 1.54) is 6.42 Å². The third-order valence-corrected chi connectivity index (χ3v) is 4.21. The summed E-state index contributed by atoms with van der Waals surface area (Å²) in [6.07, 6.45) is 1.20. The molecule has 0 N–H and O–H groups in total. The lowest BCUT2D eigenvalue weighted by molar-refractivity contribution is 0.344. The molecule has 22 heavy (non-hydrogen) atoms. The number of oxazole rings is 1. The quantitative estimate of drug-likeness (QED) is 0.826. The molecule has 0 bridgehead atoms. The number of nitrogens with zero attached hydrogens (tertiary/aromatic N) is 3. The number of piperidine rings is 1. The zero-order valence-electron chi connectivity index (χ0n) is 12.7. The molecule has 114 valence electrons. The lowest BCUT2D eigenvalue weighted by Crippen LogP contribution is -2.38. The van der Waals surface area contributed by atoms with Gasteiger partial charge in [0, 0.05) is 23.7 Å². The van der Waals surface area contributed by atoms with Crippen molar-refractivity contribution in [2.24, 2.45) is 11.8 Å². The van der Waals surface area contributed by atoms with Crippen LogP contribution in [0, 0.1) is 23.2 Å². The Morgan fingerprint density at radius 1 is 1.23 bits per heavy atom. The van der Waals surface area contributed by atoms with Crippen molar-refractivity contribution in [1.29, 1.82) is 5.26 Å². The largest absolute Gasteiger partial charge is 0.419 e. The van der Waals surface area contributed by atoms with Gasteiger partial charge < -0.3 is 9.32 Å². The molecule has 0 unspecified atom stereocenters. The van der Waals surface area contributed by atoms with E-state index in [2.05, 4.69) is 29.8 Å². The summed E-state index contributed by atoms with van der Waals surface area (Å²) in [7, 11) is 0. The molecule has 1 saturated heterocycles. The van der Waals surface area contributed by atoms with Crippen LogP contribution < -0.4 is 4.90 Å². The van der Waals surface area contributed by atoms with Gasteiger partial charge in [-0.1, -0.05) is 25.4 Å². The first-order chi connectivity index (χ1) is 10.6. The molecular weight excluding hydrogens is 298 g/mol. The predicted octanol–water partition coefficient (Wildman–Crippen LogP) is 4.35. The van der Waals surface area contributed by atoms with Gasteiger partial charge in [-0.25, -0.2) is 0 Å². The van der Waals surface area contributed by atoms with Crippen LogP contribution in [0.4, 0.5) is 5.88 Å². The number of hydrogen-bond donors (Lipinski definition) is 0. The first-order valence-corrected chi connectivity index (χ1v) is 7.86. The van der Waals surface area contributed by atoms with E-state index in [1.54, 1.807) is 12.1 Å². The van der Waals surface area contributed by atoms with Crippen LogP contribution in [0.2, 0.25) is 5.02 Å². The molecule has 4 nitrogen and oxygen atoms in total. The first kappa shape index (κ1) is 14.9. The van der Waals surface area contributed by atoms with Gasteiger partial charge in [0.2, 0.25) is 17.5 Å². The monoisotopic (exact) mass is 315 g/mol. The minimum absolute atomic E-state index is 0.353. The molecule has 3 rings (SSSR count). The number of benzene rings is 1. The van der Waals surface area contributed by atoms with Crippen molar-refractivity contribution in [3.8, 4) is 17.5 Å². The van der Waals surface area contributed by atoms with Crippen LogP contribution >= 0.6 is 11.6 Å². The molecule has 2 heterocycles. The molecular formula is C17H18ClN3O. The van der Waals surface area contributed by atoms with Crippen molar-refractivity contribution in [3.63, 3.8) is 0 Å². The average molecular weight is 316 g/mol. The lowest BCUT2D eigenvalue weighted by atomic mass is 9.92. The molecule has 1 aliphatic rings. The van der Waals surface area contributed by atoms with E-state index in [4.69, 9.17) is 16.0 Å². The van der Waals surface area contributed by atoms with Crippen LogP contribution in [0.1, 0.15) is 26.0 Å². The van der Waals surface area contributed by atoms with Crippen LogP contribution in [0.15, 0.2) is 28.7 Å². The Balaban J connectivity index is 1.95. The van der Waals surface area contributed by atoms with Crippen molar-refractivity contribution in [2.75, 3.05) is 18.0 Å². The zero-order chi connectivity index (χ0) is 15.7. The maximum absolute atomic E-state index is 9.36. The number of hydrogen-bond acceptors (Lipinski definition) is 4. The van der Waals surface area contributed by atoms with E-state index in [1.807, 2.05) is 12.1 Å². The molecule has 5 heteroatoms. The Morgan fingerprint density at radius 3 is 2.45 bits per heavy atom. The first-order valence-electron chi connectivity index (χ1n) is 7.48. The Hall–Kier alpha value is -1.99. The van der Waals surface area contributed by atoms with E-state index in [9.17, 15) is 5.26 Å². The summed E-state index contributed by atoms with van der Waals surface area (Å²) in [5, 5.41) is 10.0.